The molecule has 0 unspecified atom stereocenters. The Labute approximate surface area is 84.5 Å². The minimum Gasteiger partial charge on any atom is -0.452 e. The third kappa shape index (κ3) is 3.34. The monoisotopic (exact) mass is 214 g/mol. The van der Waals surface area contributed by atoms with Crippen LogP contribution in [0.4, 0.5) is 13.6 Å². The number of amides is 1. The van der Waals surface area contributed by atoms with Crippen molar-refractivity contribution in [3.63, 3.8) is 0 Å². The molecule has 0 saturated heterocycles. The van der Waals surface area contributed by atoms with Gasteiger partial charge in [0.2, 0.25) is 0 Å². The molecule has 0 radical (unpaired) electrons. The Hall–Kier alpha value is -1.98. The van der Waals surface area contributed by atoms with E-state index in [0.717, 1.165) is 12.1 Å². The maximum absolute atomic E-state index is 12.7. The first-order valence-corrected chi connectivity index (χ1v) is 3.95. The van der Waals surface area contributed by atoms with Crippen LogP contribution in [-0.2, 0) is 4.74 Å². The lowest BCUT2D eigenvalue weighted by molar-refractivity contribution is 0.171. The summed E-state index contributed by atoms with van der Waals surface area (Å²) in [7, 11) is 1.18. The average molecular weight is 214 g/mol. The van der Waals surface area contributed by atoms with Crippen LogP contribution in [-0.4, -0.2) is 19.4 Å². The first-order chi connectivity index (χ1) is 7.13. The molecule has 0 fully saturated rings. The second kappa shape index (κ2) is 5.04. The van der Waals surface area contributed by atoms with E-state index in [1.165, 1.54) is 19.4 Å². The molecule has 1 aromatic rings. The number of halogens is 2. The van der Waals surface area contributed by atoms with Crippen LogP contribution in [0.1, 0.15) is 5.56 Å². The zero-order valence-electron chi connectivity index (χ0n) is 7.83. The number of rotatable bonds is 2. The third-order valence-electron chi connectivity index (χ3n) is 1.50. The molecule has 0 aliphatic rings. The molecule has 0 bridgehead atoms. The number of methoxy groups -OCH3 is 1. The van der Waals surface area contributed by atoms with E-state index in [4.69, 9.17) is 0 Å². The molecule has 0 spiro atoms. The van der Waals surface area contributed by atoms with Gasteiger partial charge in [-0.25, -0.2) is 19.0 Å². The zero-order valence-corrected chi connectivity index (χ0v) is 7.83. The molecule has 80 valence electrons. The van der Waals surface area contributed by atoms with Crippen LogP contribution in [0.5, 0.6) is 0 Å². The quantitative estimate of drug-likeness (QED) is 0.601. The fourth-order valence-electron chi connectivity index (χ4n) is 0.798. The lowest BCUT2D eigenvalue weighted by atomic mass is 10.2. The Balaban J connectivity index is 2.65. The van der Waals surface area contributed by atoms with Crippen LogP contribution in [0.25, 0.3) is 0 Å². The topological polar surface area (TPSA) is 50.7 Å². The van der Waals surface area contributed by atoms with Crippen molar-refractivity contribution in [2.45, 2.75) is 0 Å². The molecule has 0 aromatic heterocycles. The standard InChI is InChI=1S/C9H8F2N2O2/c1-15-9(14)13-12-5-6-2-3-7(10)8(11)4-6/h2-5H,1H3,(H,13,14). The molecule has 0 saturated carbocycles. The summed E-state index contributed by atoms with van der Waals surface area (Å²) in [6.45, 7) is 0. The van der Waals surface area contributed by atoms with E-state index in [-0.39, 0.29) is 0 Å². The number of benzene rings is 1. The molecule has 0 aliphatic carbocycles. The van der Waals surface area contributed by atoms with E-state index in [0.29, 0.717) is 5.56 Å². The van der Waals surface area contributed by atoms with Crippen molar-refractivity contribution in [1.82, 2.24) is 5.43 Å². The predicted octanol–water partition coefficient (Wildman–Crippen LogP) is 1.65. The van der Waals surface area contributed by atoms with Gasteiger partial charge in [0, 0.05) is 0 Å². The smallest absolute Gasteiger partial charge is 0.427 e. The molecule has 1 N–H and O–H groups in total. The summed E-state index contributed by atoms with van der Waals surface area (Å²) in [5.41, 5.74) is 2.33. The van der Waals surface area contributed by atoms with Gasteiger partial charge in [-0.2, -0.15) is 5.10 Å². The molecule has 6 heteroatoms. The van der Waals surface area contributed by atoms with Crippen LogP contribution in [0.3, 0.4) is 0 Å². The Kier molecular flexibility index (Phi) is 3.73. The van der Waals surface area contributed by atoms with Gasteiger partial charge in [-0.05, 0) is 17.7 Å². The highest BCUT2D eigenvalue weighted by Gasteiger charge is 2.00. The molecule has 15 heavy (non-hydrogen) atoms. The number of ether oxygens (including phenoxy) is 1. The number of carbonyl (C=O) groups is 1. The number of hydrogen-bond acceptors (Lipinski definition) is 3. The van der Waals surface area contributed by atoms with Crippen molar-refractivity contribution >= 4 is 12.3 Å². The van der Waals surface area contributed by atoms with Gasteiger partial charge in [-0.15, -0.1) is 0 Å². The molecule has 0 atom stereocenters. The average Bonchev–Trinajstić information content (AvgIpc) is 2.23. The lowest BCUT2D eigenvalue weighted by Crippen LogP contribution is -2.16. The van der Waals surface area contributed by atoms with Gasteiger partial charge in [0.15, 0.2) is 11.6 Å². The van der Waals surface area contributed by atoms with Crippen LogP contribution in [0.15, 0.2) is 23.3 Å². The van der Waals surface area contributed by atoms with Gasteiger partial charge >= 0.3 is 6.09 Å². The fraction of sp³-hybridized carbons (Fsp3) is 0.111. The number of carbonyl (C=O) groups excluding carboxylic acids is 1. The van der Waals surface area contributed by atoms with Crippen LogP contribution in [0, 0.1) is 11.6 Å². The summed E-state index contributed by atoms with van der Waals surface area (Å²) in [5.74, 6) is -1.91. The van der Waals surface area contributed by atoms with E-state index < -0.39 is 17.7 Å². The molecular weight excluding hydrogens is 206 g/mol. The van der Waals surface area contributed by atoms with E-state index in [2.05, 4.69) is 9.84 Å². The van der Waals surface area contributed by atoms with E-state index in [1.54, 1.807) is 0 Å². The highest BCUT2D eigenvalue weighted by atomic mass is 19.2. The Bertz CT molecular complexity index is 394. The van der Waals surface area contributed by atoms with Gasteiger partial charge in [-0.1, -0.05) is 6.07 Å². The minimum atomic E-state index is -0.975. The summed E-state index contributed by atoms with van der Waals surface area (Å²) in [6, 6.07) is 3.24. The maximum Gasteiger partial charge on any atom is 0.427 e. The van der Waals surface area contributed by atoms with E-state index in [1.807, 2.05) is 5.43 Å². The highest BCUT2D eigenvalue weighted by Crippen LogP contribution is 2.06. The third-order valence-corrected chi connectivity index (χ3v) is 1.50. The normalized spacial score (nSPS) is 10.3. The minimum absolute atomic E-state index is 0.324. The van der Waals surface area contributed by atoms with Crippen molar-refractivity contribution in [3.05, 3.63) is 35.4 Å². The molecule has 1 rings (SSSR count). The fourth-order valence-corrected chi connectivity index (χ4v) is 0.798. The first-order valence-electron chi connectivity index (χ1n) is 3.95. The van der Waals surface area contributed by atoms with E-state index in [9.17, 15) is 13.6 Å². The van der Waals surface area contributed by atoms with Crippen molar-refractivity contribution in [2.24, 2.45) is 5.10 Å². The molecule has 0 aliphatic heterocycles. The van der Waals surface area contributed by atoms with Crippen molar-refractivity contribution < 1.29 is 18.3 Å². The van der Waals surface area contributed by atoms with Crippen LogP contribution in [0.2, 0.25) is 0 Å². The highest BCUT2D eigenvalue weighted by molar-refractivity contribution is 5.80. The summed E-state index contributed by atoms with van der Waals surface area (Å²) in [4.78, 5) is 10.5. The Morgan fingerprint density at radius 1 is 1.47 bits per heavy atom. The van der Waals surface area contributed by atoms with Gasteiger partial charge < -0.3 is 4.74 Å². The summed E-state index contributed by atoms with van der Waals surface area (Å²) < 4.78 is 29.4. The molecule has 0 heterocycles. The number of hydrazone groups is 1. The second-order valence-electron chi connectivity index (χ2n) is 2.54. The van der Waals surface area contributed by atoms with Gasteiger partial charge in [0.05, 0.1) is 13.3 Å². The second-order valence-corrected chi connectivity index (χ2v) is 2.54. The molecule has 1 amide bonds. The zero-order chi connectivity index (χ0) is 11.3. The first kappa shape index (κ1) is 11.1. The molecule has 4 nitrogen and oxygen atoms in total. The van der Waals surface area contributed by atoms with E-state index >= 15 is 0 Å². The predicted molar refractivity (Wildman–Crippen MR) is 49.5 cm³/mol. The lowest BCUT2D eigenvalue weighted by Gasteiger charge is -1.96. The van der Waals surface area contributed by atoms with Crippen molar-refractivity contribution in [3.8, 4) is 0 Å². The van der Waals surface area contributed by atoms with Gasteiger partial charge in [0.1, 0.15) is 0 Å². The summed E-state index contributed by atoms with van der Waals surface area (Å²) in [6.07, 6.45) is 0.424. The number of nitrogens with zero attached hydrogens (tertiary/aromatic N) is 1. The molecular formula is C9H8F2N2O2. The summed E-state index contributed by atoms with van der Waals surface area (Å²) >= 11 is 0. The number of nitrogens with one attached hydrogen (secondary N) is 1. The Morgan fingerprint density at radius 2 is 2.20 bits per heavy atom. The maximum atomic E-state index is 12.7. The van der Waals surface area contributed by atoms with Crippen LogP contribution < -0.4 is 5.43 Å². The van der Waals surface area contributed by atoms with Gasteiger partial charge in [0.25, 0.3) is 0 Å². The Morgan fingerprint density at radius 3 is 2.80 bits per heavy atom. The summed E-state index contributed by atoms with van der Waals surface area (Å²) in [5, 5.41) is 3.44. The SMILES string of the molecule is COC(=O)NN=Cc1ccc(F)c(F)c1. The molecule has 1 aromatic carbocycles. The van der Waals surface area contributed by atoms with Crippen molar-refractivity contribution in [2.75, 3.05) is 7.11 Å². The van der Waals surface area contributed by atoms with Gasteiger partial charge in [-0.3, -0.25) is 0 Å². The number of hydrogen-bond donors (Lipinski definition) is 1. The van der Waals surface area contributed by atoms with Crippen LogP contribution >= 0.6 is 0 Å². The largest absolute Gasteiger partial charge is 0.452 e. The van der Waals surface area contributed by atoms with Crippen molar-refractivity contribution in [1.29, 1.82) is 0 Å².